The Labute approximate surface area is 104 Å². The molecule has 1 aromatic heterocycles. The van der Waals surface area contributed by atoms with E-state index in [2.05, 4.69) is 10.4 Å². The molecule has 0 fully saturated rings. The second-order valence-corrected chi connectivity index (χ2v) is 4.15. The summed E-state index contributed by atoms with van der Waals surface area (Å²) in [5.41, 5.74) is 1.71. The zero-order valence-corrected chi connectivity index (χ0v) is 10.2. The highest BCUT2D eigenvalue weighted by molar-refractivity contribution is 6.30. The minimum atomic E-state index is -0.343. The predicted molar refractivity (Wildman–Crippen MR) is 66.6 cm³/mol. The van der Waals surface area contributed by atoms with E-state index in [-0.39, 0.29) is 5.82 Å². The van der Waals surface area contributed by atoms with Crippen molar-refractivity contribution in [2.24, 2.45) is 0 Å². The van der Waals surface area contributed by atoms with Gasteiger partial charge in [0.15, 0.2) is 0 Å². The van der Waals surface area contributed by atoms with Crippen molar-refractivity contribution in [3.05, 3.63) is 47.0 Å². The van der Waals surface area contributed by atoms with Crippen LogP contribution >= 0.6 is 11.6 Å². The van der Waals surface area contributed by atoms with Crippen molar-refractivity contribution in [3.63, 3.8) is 0 Å². The lowest BCUT2D eigenvalue weighted by molar-refractivity contribution is 0.628. The number of nitrogens with zero attached hydrogens (tertiary/aromatic N) is 2. The lowest BCUT2D eigenvalue weighted by atomic mass is 10.3. The molecule has 0 atom stereocenters. The minimum Gasteiger partial charge on any atom is -0.381 e. The van der Waals surface area contributed by atoms with Crippen LogP contribution in [0, 0.1) is 5.82 Å². The van der Waals surface area contributed by atoms with Crippen LogP contribution in [0.2, 0.25) is 5.02 Å². The first-order valence-corrected chi connectivity index (χ1v) is 5.76. The van der Waals surface area contributed by atoms with Crippen LogP contribution in [0.1, 0.15) is 12.5 Å². The van der Waals surface area contributed by atoms with Crippen molar-refractivity contribution >= 4 is 17.3 Å². The first kappa shape index (κ1) is 11.9. The van der Waals surface area contributed by atoms with Crippen molar-refractivity contribution in [1.82, 2.24) is 9.78 Å². The summed E-state index contributed by atoms with van der Waals surface area (Å²) in [6.45, 7) is 3.46. The van der Waals surface area contributed by atoms with Crippen molar-refractivity contribution in [2.75, 3.05) is 5.32 Å². The highest BCUT2D eigenvalue weighted by Gasteiger charge is 2.00. The molecule has 0 aliphatic rings. The lowest BCUT2D eigenvalue weighted by Crippen LogP contribution is -1.99. The van der Waals surface area contributed by atoms with Crippen LogP contribution < -0.4 is 5.32 Å². The monoisotopic (exact) mass is 253 g/mol. The molecule has 1 N–H and O–H groups in total. The minimum absolute atomic E-state index is 0.343. The average Bonchev–Trinajstić information content (AvgIpc) is 2.73. The molecule has 0 radical (unpaired) electrons. The molecule has 1 heterocycles. The normalized spacial score (nSPS) is 10.5. The molecule has 0 aliphatic carbocycles. The van der Waals surface area contributed by atoms with Gasteiger partial charge in [-0.1, -0.05) is 11.6 Å². The zero-order chi connectivity index (χ0) is 12.3. The SMILES string of the molecule is CCn1cc(CNc2cc(F)cc(Cl)c2)cn1. The van der Waals surface area contributed by atoms with E-state index < -0.39 is 0 Å². The zero-order valence-electron chi connectivity index (χ0n) is 9.45. The average molecular weight is 254 g/mol. The van der Waals surface area contributed by atoms with Gasteiger partial charge in [0.05, 0.1) is 6.20 Å². The largest absolute Gasteiger partial charge is 0.381 e. The fourth-order valence-corrected chi connectivity index (χ4v) is 1.75. The maximum Gasteiger partial charge on any atom is 0.126 e. The van der Waals surface area contributed by atoms with E-state index in [1.165, 1.54) is 12.1 Å². The van der Waals surface area contributed by atoms with E-state index in [1.807, 2.05) is 17.8 Å². The van der Waals surface area contributed by atoms with Gasteiger partial charge >= 0.3 is 0 Å². The van der Waals surface area contributed by atoms with E-state index >= 15 is 0 Å². The second kappa shape index (κ2) is 5.19. The van der Waals surface area contributed by atoms with Gasteiger partial charge in [-0.3, -0.25) is 4.68 Å². The second-order valence-electron chi connectivity index (χ2n) is 3.72. The molecule has 2 rings (SSSR count). The highest BCUT2D eigenvalue weighted by Crippen LogP contribution is 2.18. The molecule has 5 heteroatoms. The van der Waals surface area contributed by atoms with Crippen LogP contribution in [0.15, 0.2) is 30.6 Å². The van der Waals surface area contributed by atoms with Crippen molar-refractivity contribution < 1.29 is 4.39 Å². The third kappa shape index (κ3) is 3.20. The van der Waals surface area contributed by atoms with Gasteiger partial charge < -0.3 is 5.32 Å². The first-order chi connectivity index (χ1) is 8.17. The molecular formula is C12H13ClFN3. The number of hydrogen-bond donors (Lipinski definition) is 1. The molecule has 0 saturated carbocycles. The fraction of sp³-hybridized carbons (Fsp3) is 0.250. The summed E-state index contributed by atoms with van der Waals surface area (Å²) in [7, 11) is 0. The summed E-state index contributed by atoms with van der Waals surface area (Å²) in [5, 5.41) is 7.65. The van der Waals surface area contributed by atoms with E-state index in [0.29, 0.717) is 17.3 Å². The van der Waals surface area contributed by atoms with Crippen LogP contribution in [-0.4, -0.2) is 9.78 Å². The number of rotatable bonds is 4. The Kier molecular flexibility index (Phi) is 3.64. The topological polar surface area (TPSA) is 29.9 Å². The number of halogens is 2. The molecule has 0 aliphatic heterocycles. The predicted octanol–water partition coefficient (Wildman–Crippen LogP) is 3.31. The van der Waals surface area contributed by atoms with Crippen LogP contribution in [0.25, 0.3) is 0 Å². The number of aryl methyl sites for hydroxylation is 1. The molecular weight excluding hydrogens is 241 g/mol. The summed E-state index contributed by atoms with van der Waals surface area (Å²) < 4.78 is 14.9. The molecule has 0 spiro atoms. The molecule has 0 amide bonds. The molecule has 2 aromatic rings. The standard InChI is InChI=1S/C12H13ClFN3/c1-2-17-8-9(7-16-17)6-15-12-4-10(13)3-11(14)5-12/h3-5,7-8,15H,2,6H2,1H3. The maximum atomic E-state index is 13.1. The van der Waals surface area contributed by atoms with Gasteiger partial charge in [-0.05, 0) is 25.1 Å². The van der Waals surface area contributed by atoms with Gasteiger partial charge in [-0.2, -0.15) is 5.10 Å². The van der Waals surface area contributed by atoms with Crippen LogP contribution in [0.4, 0.5) is 10.1 Å². The molecule has 0 saturated heterocycles. The van der Waals surface area contributed by atoms with Gasteiger partial charge in [-0.15, -0.1) is 0 Å². The van der Waals surface area contributed by atoms with Crippen LogP contribution in [0.5, 0.6) is 0 Å². The summed E-state index contributed by atoms with van der Waals surface area (Å²) in [6, 6.07) is 4.38. The first-order valence-electron chi connectivity index (χ1n) is 5.38. The summed E-state index contributed by atoms with van der Waals surface area (Å²) in [6.07, 6.45) is 3.74. The molecule has 0 bridgehead atoms. The smallest absolute Gasteiger partial charge is 0.126 e. The number of nitrogens with one attached hydrogen (secondary N) is 1. The lowest BCUT2D eigenvalue weighted by Gasteiger charge is -2.05. The van der Waals surface area contributed by atoms with Crippen LogP contribution in [0.3, 0.4) is 0 Å². The van der Waals surface area contributed by atoms with Crippen molar-refractivity contribution in [3.8, 4) is 0 Å². The maximum absolute atomic E-state index is 13.1. The Morgan fingerprint density at radius 3 is 2.88 bits per heavy atom. The number of aromatic nitrogens is 2. The van der Waals surface area contributed by atoms with E-state index in [9.17, 15) is 4.39 Å². The van der Waals surface area contributed by atoms with Gasteiger partial charge in [0.25, 0.3) is 0 Å². The molecule has 17 heavy (non-hydrogen) atoms. The van der Waals surface area contributed by atoms with Gasteiger partial charge in [0, 0.05) is 35.6 Å². The molecule has 90 valence electrons. The quantitative estimate of drug-likeness (QED) is 0.906. The van der Waals surface area contributed by atoms with Gasteiger partial charge in [0.1, 0.15) is 5.82 Å². The van der Waals surface area contributed by atoms with Crippen molar-refractivity contribution in [1.29, 1.82) is 0 Å². The molecule has 0 unspecified atom stereocenters. The third-order valence-corrected chi connectivity index (χ3v) is 2.59. The molecule has 1 aromatic carbocycles. The number of benzene rings is 1. The Hall–Kier alpha value is -1.55. The molecule has 3 nitrogen and oxygen atoms in total. The fourth-order valence-electron chi connectivity index (χ4n) is 1.53. The van der Waals surface area contributed by atoms with Crippen molar-refractivity contribution in [2.45, 2.75) is 20.0 Å². The summed E-state index contributed by atoms with van der Waals surface area (Å²) >= 11 is 5.76. The summed E-state index contributed by atoms with van der Waals surface area (Å²) in [5.74, 6) is -0.343. The third-order valence-electron chi connectivity index (χ3n) is 2.37. The Balaban J connectivity index is 2.01. The Bertz CT molecular complexity index is 490. The highest BCUT2D eigenvalue weighted by atomic mass is 35.5. The van der Waals surface area contributed by atoms with Crippen LogP contribution in [-0.2, 0) is 13.1 Å². The van der Waals surface area contributed by atoms with E-state index in [4.69, 9.17) is 11.6 Å². The van der Waals surface area contributed by atoms with E-state index in [0.717, 1.165) is 12.1 Å². The Morgan fingerprint density at radius 1 is 1.41 bits per heavy atom. The summed E-state index contributed by atoms with van der Waals surface area (Å²) in [4.78, 5) is 0. The number of anilines is 1. The van der Waals surface area contributed by atoms with Gasteiger partial charge in [0.2, 0.25) is 0 Å². The number of hydrogen-bond acceptors (Lipinski definition) is 2. The Morgan fingerprint density at radius 2 is 2.24 bits per heavy atom. The van der Waals surface area contributed by atoms with Gasteiger partial charge in [-0.25, -0.2) is 4.39 Å². The van der Waals surface area contributed by atoms with E-state index in [1.54, 1.807) is 12.3 Å².